The van der Waals surface area contributed by atoms with Crippen LogP contribution in [0.3, 0.4) is 0 Å². The summed E-state index contributed by atoms with van der Waals surface area (Å²) in [7, 11) is 0. The van der Waals surface area contributed by atoms with E-state index in [0.29, 0.717) is 13.1 Å². The average Bonchev–Trinajstić information content (AvgIpc) is 2.37. The molecule has 5 nitrogen and oxygen atoms in total. The summed E-state index contributed by atoms with van der Waals surface area (Å²) >= 11 is 3.38. The Balaban J connectivity index is 1.82. The molecule has 1 amide bonds. The summed E-state index contributed by atoms with van der Waals surface area (Å²) in [6.45, 7) is 9.69. The molecule has 1 fully saturated rings. The van der Waals surface area contributed by atoms with Gasteiger partial charge in [-0.25, -0.2) is 9.78 Å². The van der Waals surface area contributed by atoms with Crippen molar-refractivity contribution < 1.29 is 9.53 Å². The second kappa shape index (κ2) is 6.75. The molecular formula is C15H22BrN3O2. The third kappa shape index (κ3) is 5.28. The minimum absolute atomic E-state index is 0.214. The Morgan fingerprint density at radius 1 is 1.33 bits per heavy atom. The van der Waals surface area contributed by atoms with Gasteiger partial charge in [0.05, 0.1) is 0 Å². The zero-order valence-electron chi connectivity index (χ0n) is 12.8. The van der Waals surface area contributed by atoms with E-state index in [1.807, 2.05) is 32.9 Å². The molecule has 0 bridgehead atoms. The van der Waals surface area contributed by atoms with Crippen LogP contribution in [0, 0.1) is 0 Å². The third-order valence-electron chi connectivity index (χ3n) is 3.22. The molecule has 116 valence electrons. The summed E-state index contributed by atoms with van der Waals surface area (Å²) in [6.07, 6.45) is 1.59. The van der Waals surface area contributed by atoms with E-state index in [0.717, 1.165) is 24.2 Å². The van der Waals surface area contributed by atoms with Gasteiger partial charge in [0.1, 0.15) is 10.2 Å². The Kier molecular flexibility index (Phi) is 5.22. The number of carbonyl (C=O) groups excluding carboxylic acids is 1. The lowest BCUT2D eigenvalue weighted by molar-refractivity contribution is 0.0139. The van der Waals surface area contributed by atoms with E-state index in [-0.39, 0.29) is 6.09 Å². The van der Waals surface area contributed by atoms with Crippen molar-refractivity contribution in [2.45, 2.75) is 32.9 Å². The molecule has 0 spiro atoms. The first-order valence-electron chi connectivity index (χ1n) is 7.14. The van der Waals surface area contributed by atoms with Crippen molar-refractivity contribution in [2.24, 2.45) is 0 Å². The van der Waals surface area contributed by atoms with Crippen LogP contribution in [0.25, 0.3) is 0 Å². The third-order valence-corrected chi connectivity index (χ3v) is 3.65. The maximum atomic E-state index is 12.0. The molecule has 0 saturated carbocycles. The van der Waals surface area contributed by atoms with Crippen molar-refractivity contribution in [3.8, 4) is 0 Å². The highest BCUT2D eigenvalue weighted by atomic mass is 79.9. The van der Waals surface area contributed by atoms with Crippen molar-refractivity contribution in [2.75, 3.05) is 26.2 Å². The maximum Gasteiger partial charge on any atom is 0.410 e. The second-order valence-electron chi connectivity index (χ2n) is 6.23. The molecule has 0 aliphatic carbocycles. The lowest BCUT2D eigenvalue weighted by Crippen LogP contribution is -2.49. The smallest absolute Gasteiger partial charge is 0.410 e. The molecular weight excluding hydrogens is 334 g/mol. The van der Waals surface area contributed by atoms with Crippen molar-refractivity contribution in [1.82, 2.24) is 14.8 Å². The first kappa shape index (κ1) is 16.2. The summed E-state index contributed by atoms with van der Waals surface area (Å²) in [5.74, 6) is 0. The van der Waals surface area contributed by atoms with Gasteiger partial charge in [0.25, 0.3) is 0 Å². The number of amides is 1. The minimum atomic E-state index is -0.433. The molecule has 2 rings (SSSR count). The molecule has 0 N–H and O–H groups in total. The van der Waals surface area contributed by atoms with Crippen LogP contribution in [0.4, 0.5) is 4.79 Å². The number of halogens is 1. The van der Waals surface area contributed by atoms with E-state index in [1.54, 1.807) is 11.1 Å². The van der Waals surface area contributed by atoms with Gasteiger partial charge in [-0.05, 0) is 54.4 Å². The van der Waals surface area contributed by atoms with Gasteiger partial charge in [0.2, 0.25) is 0 Å². The molecule has 0 radical (unpaired) electrons. The number of ether oxygens (including phenoxy) is 1. The minimum Gasteiger partial charge on any atom is -0.444 e. The predicted molar refractivity (Wildman–Crippen MR) is 85.0 cm³/mol. The van der Waals surface area contributed by atoms with Crippen LogP contribution in [-0.2, 0) is 11.3 Å². The molecule has 1 aromatic heterocycles. The topological polar surface area (TPSA) is 45.7 Å². The molecule has 1 saturated heterocycles. The highest BCUT2D eigenvalue weighted by Crippen LogP contribution is 2.14. The second-order valence-corrected chi connectivity index (χ2v) is 7.04. The lowest BCUT2D eigenvalue weighted by atomic mass is 10.2. The Hall–Kier alpha value is -1.14. The Morgan fingerprint density at radius 2 is 2.00 bits per heavy atom. The van der Waals surface area contributed by atoms with Gasteiger partial charge in [-0.3, -0.25) is 4.90 Å². The quantitative estimate of drug-likeness (QED) is 0.765. The van der Waals surface area contributed by atoms with Gasteiger partial charge < -0.3 is 9.64 Å². The zero-order chi connectivity index (χ0) is 15.5. The number of rotatable bonds is 2. The SMILES string of the molecule is CC(C)(C)OC(=O)N1CCN(Cc2ccnc(Br)c2)CC1. The van der Waals surface area contributed by atoms with Crippen LogP contribution in [0.2, 0.25) is 0 Å². The number of hydrogen-bond acceptors (Lipinski definition) is 4. The fourth-order valence-corrected chi connectivity index (χ4v) is 2.63. The molecule has 1 aliphatic heterocycles. The highest BCUT2D eigenvalue weighted by Gasteiger charge is 2.25. The Labute approximate surface area is 134 Å². The molecule has 0 unspecified atom stereocenters. The molecule has 0 aromatic carbocycles. The number of nitrogens with zero attached hydrogens (tertiary/aromatic N) is 3. The molecule has 6 heteroatoms. The largest absolute Gasteiger partial charge is 0.444 e. The van der Waals surface area contributed by atoms with Crippen molar-refractivity contribution in [3.63, 3.8) is 0 Å². The summed E-state index contributed by atoms with van der Waals surface area (Å²) in [6, 6.07) is 4.05. The van der Waals surface area contributed by atoms with Gasteiger partial charge in [-0.1, -0.05) is 0 Å². The summed E-state index contributed by atoms with van der Waals surface area (Å²) in [5, 5.41) is 0. The van der Waals surface area contributed by atoms with E-state index >= 15 is 0 Å². The van der Waals surface area contributed by atoms with E-state index in [2.05, 4.69) is 25.8 Å². The van der Waals surface area contributed by atoms with Gasteiger partial charge in [-0.2, -0.15) is 0 Å². The van der Waals surface area contributed by atoms with Crippen LogP contribution in [-0.4, -0.2) is 52.7 Å². The molecule has 1 aromatic rings. The highest BCUT2D eigenvalue weighted by molar-refractivity contribution is 9.10. The van der Waals surface area contributed by atoms with E-state index in [9.17, 15) is 4.79 Å². The van der Waals surface area contributed by atoms with Crippen molar-refractivity contribution >= 4 is 22.0 Å². The average molecular weight is 356 g/mol. The van der Waals surface area contributed by atoms with Crippen molar-refractivity contribution in [1.29, 1.82) is 0 Å². The van der Waals surface area contributed by atoms with E-state index in [1.165, 1.54) is 5.56 Å². The fourth-order valence-electron chi connectivity index (χ4n) is 2.21. The molecule has 21 heavy (non-hydrogen) atoms. The van der Waals surface area contributed by atoms with Crippen LogP contribution in [0.15, 0.2) is 22.9 Å². The van der Waals surface area contributed by atoms with Crippen LogP contribution >= 0.6 is 15.9 Å². The predicted octanol–water partition coefficient (Wildman–Crippen LogP) is 2.90. The van der Waals surface area contributed by atoms with Crippen molar-refractivity contribution in [3.05, 3.63) is 28.5 Å². The van der Waals surface area contributed by atoms with Crippen LogP contribution < -0.4 is 0 Å². The number of pyridine rings is 1. The molecule has 2 heterocycles. The van der Waals surface area contributed by atoms with Gasteiger partial charge in [0, 0.05) is 38.9 Å². The van der Waals surface area contributed by atoms with Gasteiger partial charge in [0.15, 0.2) is 0 Å². The van der Waals surface area contributed by atoms with E-state index in [4.69, 9.17) is 4.74 Å². The Morgan fingerprint density at radius 3 is 2.57 bits per heavy atom. The Bertz CT molecular complexity index is 494. The van der Waals surface area contributed by atoms with Gasteiger partial charge >= 0.3 is 6.09 Å². The first-order chi connectivity index (χ1) is 9.83. The molecule has 0 atom stereocenters. The maximum absolute atomic E-state index is 12.0. The first-order valence-corrected chi connectivity index (χ1v) is 7.93. The lowest BCUT2D eigenvalue weighted by Gasteiger charge is -2.35. The van der Waals surface area contributed by atoms with Gasteiger partial charge in [-0.15, -0.1) is 0 Å². The number of aromatic nitrogens is 1. The normalized spacial score (nSPS) is 16.9. The number of carbonyl (C=O) groups is 1. The standard InChI is InChI=1S/C15H22BrN3O2/c1-15(2,3)21-14(20)19-8-6-18(7-9-19)11-12-4-5-17-13(16)10-12/h4-5,10H,6-9,11H2,1-3H3. The number of piperazine rings is 1. The zero-order valence-corrected chi connectivity index (χ0v) is 14.4. The van der Waals surface area contributed by atoms with E-state index < -0.39 is 5.60 Å². The fraction of sp³-hybridized carbons (Fsp3) is 0.600. The van der Waals surface area contributed by atoms with Crippen LogP contribution in [0.5, 0.6) is 0 Å². The summed E-state index contributed by atoms with van der Waals surface area (Å²) in [4.78, 5) is 20.2. The molecule has 1 aliphatic rings. The monoisotopic (exact) mass is 355 g/mol. The number of hydrogen-bond donors (Lipinski definition) is 0. The summed E-state index contributed by atoms with van der Waals surface area (Å²) < 4.78 is 6.25. The summed E-state index contributed by atoms with van der Waals surface area (Å²) in [5.41, 5.74) is 0.792. The van der Waals surface area contributed by atoms with Crippen LogP contribution in [0.1, 0.15) is 26.3 Å².